The molecule has 28 heavy (non-hydrogen) atoms. The fourth-order valence-corrected chi connectivity index (χ4v) is 3.71. The summed E-state index contributed by atoms with van der Waals surface area (Å²) in [5, 5.41) is 5.75. The van der Waals surface area contributed by atoms with Gasteiger partial charge in [-0.15, -0.1) is 0 Å². The number of hydrogen-bond acceptors (Lipinski definition) is 6. The first-order valence-corrected chi connectivity index (χ1v) is 9.85. The van der Waals surface area contributed by atoms with E-state index in [1.54, 1.807) is 4.90 Å². The van der Waals surface area contributed by atoms with Crippen molar-refractivity contribution >= 4 is 17.7 Å². The Morgan fingerprint density at radius 3 is 2.86 bits per heavy atom. The first kappa shape index (κ1) is 20.4. The number of nitrogens with zero attached hydrogens (tertiary/aromatic N) is 2. The highest BCUT2D eigenvalue weighted by molar-refractivity contribution is 6.05. The van der Waals surface area contributed by atoms with E-state index >= 15 is 0 Å². The molecular weight excluding hydrogens is 358 g/mol. The lowest BCUT2D eigenvalue weighted by Crippen LogP contribution is -2.52. The molecule has 0 saturated carbocycles. The molecule has 1 fully saturated rings. The molecule has 3 rings (SSSR count). The Labute approximate surface area is 165 Å². The van der Waals surface area contributed by atoms with Crippen molar-refractivity contribution in [2.24, 2.45) is 5.73 Å². The van der Waals surface area contributed by atoms with E-state index in [1.807, 2.05) is 18.2 Å². The monoisotopic (exact) mass is 387 g/mol. The number of hydrogen-bond donors (Lipinski definition) is 3. The van der Waals surface area contributed by atoms with Crippen molar-refractivity contribution < 1.29 is 14.4 Å². The van der Waals surface area contributed by atoms with E-state index in [1.165, 1.54) is 0 Å². The maximum atomic E-state index is 12.7. The summed E-state index contributed by atoms with van der Waals surface area (Å²) < 4.78 is 0. The first-order chi connectivity index (χ1) is 13.5. The van der Waals surface area contributed by atoms with E-state index in [-0.39, 0.29) is 24.1 Å². The van der Waals surface area contributed by atoms with Crippen LogP contribution in [0.25, 0.3) is 0 Å². The Kier molecular flexibility index (Phi) is 6.77. The van der Waals surface area contributed by atoms with Crippen LogP contribution in [0.1, 0.15) is 40.7 Å². The summed E-state index contributed by atoms with van der Waals surface area (Å²) in [4.78, 5) is 40.0. The predicted molar refractivity (Wildman–Crippen MR) is 105 cm³/mol. The second kappa shape index (κ2) is 9.27. The molecular formula is C20H29N5O3. The van der Waals surface area contributed by atoms with E-state index in [2.05, 4.69) is 22.6 Å². The van der Waals surface area contributed by atoms with Gasteiger partial charge in [0.2, 0.25) is 11.8 Å². The van der Waals surface area contributed by atoms with Crippen molar-refractivity contribution in [2.45, 2.75) is 38.4 Å². The van der Waals surface area contributed by atoms with Crippen LogP contribution >= 0.6 is 0 Å². The highest BCUT2D eigenvalue weighted by atomic mass is 16.2. The SMILES string of the molecule is CN(CCCN)CCNCc1ccc2c(c1)CN(C1CCC(=O)NC1=O)C2=O. The maximum Gasteiger partial charge on any atom is 0.255 e. The van der Waals surface area contributed by atoms with E-state index in [0.29, 0.717) is 25.1 Å². The highest BCUT2D eigenvalue weighted by Gasteiger charge is 2.38. The minimum Gasteiger partial charge on any atom is -0.330 e. The Bertz CT molecular complexity index is 751. The van der Waals surface area contributed by atoms with Gasteiger partial charge >= 0.3 is 0 Å². The van der Waals surface area contributed by atoms with Gasteiger partial charge < -0.3 is 20.9 Å². The Hall–Kier alpha value is -2.29. The van der Waals surface area contributed by atoms with Crippen molar-refractivity contribution in [1.82, 2.24) is 20.4 Å². The molecule has 152 valence electrons. The number of carbonyl (C=O) groups excluding carboxylic acids is 3. The van der Waals surface area contributed by atoms with Crippen LogP contribution in [0.3, 0.4) is 0 Å². The standard InChI is InChI=1S/C20H29N5O3/c1-24(9-2-7-21)10-8-22-12-14-3-4-16-15(11-14)13-25(20(16)28)17-5-6-18(26)23-19(17)27/h3-4,11,17,22H,2,5-10,12-13,21H2,1H3,(H,23,26,27). The number of fused-ring (bicyclic) bond motifs is 1. The smallest absolute Gasteiger partial charge is 0.255 e. The van der Waals surface area contributed by atoms with Gasteiger partial charge in [-0.25, -0.2) is 0 Å². The van der Waals surface area contributed by atoms with Crippen LogP contribution in [0.15, 0.2) is 18.2 Å². The maximum absolute atomic E-state index is 12.7. The van der Waals surface area contributed by atoms with Gasteiger partial charge in [-0.3, -0.25) is 19.7 Å². The molecule has 1 atom stereocenters. The summed E-state index contributed by atoms with van der Waals surface area (Å²) in [5.41, 5.74) is 8.23. The second-order valence-electron chi connectivity index (χ2n) is 7.51. The zero-order chi connectivity index (χ0) is 20.1. The lowest BCUT2D eigenvalue weighted by atomic mass is 10.0. The number of amides is 3. The normalized spacial score (nSPS) is 19.3. The van der Waals surface area contributed by atoms with Crippen LogP contribution in [0, 0.1) is 0 Å². The lowest BCUT2D eigenvalue weighted by molar-refractivity contribution is -0.136. The van der Waals surface area contributed by atoms with Crippen LogP contribution in [0.4, 0.5) is 0 Å². The van der Waals surface area contributed by atoms with Crippen molar-refractivity contribution in [3.05, 3.63) is 34.9 Å². The molecule has 1 unspecified atom stereocenters. The highest BCUT2D eigenvalue weighted by Crippen LogP contribution is 2.28. The van der Waals surface area contributed by atoms with Crippen LogP contribution in [-0.4, -0.2) is 66.8 Å². The van der Waals surface area contributed by atoms with Crippen LogP contribution in [0.5, 0.6) is 0 Å². The third kappa shape index (κ3) is 4.76. The van der Waals surface area contributed by atoms with Crippen molar-refractivity contribution in [1.29, 1.82) is 0 Å². The topological polar surface area (TPSA) is 108 Å². The molecule has 2 aliphatic rings. The summed E-state index contributed by atoms with van der Waals surface area (Å²) in [6, 6.07) is 5.26. The largest absolute Gasteiger partial charge is 0.330 e. The van der Waals surface area contributed by atoms with Crippen LogP contribution in [-0.2, 0) is 22.7 Å². The number of likely N-dealkylation sites (N-methyl/N-ethyl adjacent to an activating group) is 1. The van der Waals surface area contributed by atoms with Crippen LogP contribution < -0.4 is 16.4 Å². The summed E-state index contributed by atoms with van der Waals surface area (Å²) in [6.45, 7) is 4.67. The summed E-state index contributed by atoms with van der Waals surface area (Å²) in [6.07, 6.45) is 1.65. The van der Waals surface area contributed by atoms with Crippen LogP contribution in [0.2, 0.25) is 0 Å². The fraction of sp³-hybridized carbons (Fsp3) is 0.550. The van der Waals surface area contributed by atoms with Gasteiger partial charge in [-0.1, -0.05) is 12.1 Å². The van der Waals surface area contributed by atoms with Gasteiger partial charge in [-0.05, 0) is 50.2 Å². The fourth-order valence-electron chi connectivity index (χ4n) is 3.71. The molecule has 8 heteroatoms. The summed E-state index contributed by atoms with van der Waals surface area (Å²) in [5.74, 6) is -0.781. The molecule has 0 bridgehead atoms. The Morgan fingerprint density at radius 2 is 2.11 bits per heavy atom. The molecule has 0 aliphatic carbocycles. The average Bonchev–Trinajstić information content (AvgIpc) is 2.99. The minimum atomic E-state index is -0.566. The number of carbonyl (C=O) groups is 3. The molecule has 0 radical (unpaired) electrons. The number of rotatable bonds is 9. The van der Waals surface area contributed by atoms with Gasteiger partial charge in [0.1, 0.15) is 6.04 Å². The Morgan fingerprint density at radius 1 is 1.29 bits per heavy atom. The van der Waals surface area contributed by atoms with E-state index in [9.17, 15) is 14.4 Å². The Balaban J connectivity index is 1.53. The molecule has 1 aromatic rings. The second-order valence-corrected chi connectivity index (χ2v) is 7.51. The molecule has 1 aromatic carbocycles. The molecule has 0 aromatic heterocycles. The van der Waals surface area contributed by atoms with Crippen molar-refractivity contribution in [2.75, 3.05) is 33.2 Å². The third-order valence-electron chi connectivity index (χ3n) is 5.33. The predicted octanol–water partition coefficient (Wildman–Crippen LogP) is -0.182. The molecule has 8 nitrogen and oxygen atoms in total. The number of piperidine rings is 1. The third-order valence-corrected chi connectivity index (χ3v) is 5.33. The zero-order valence-corrected chi connectivity index (χ0v) is 16.4. The quantitative estimate of drug-likeness (QED) is 0.401. The molecule has 2 aliphatic heterocycles. The van der Waals surface area contributed by atoms with Crippen molar-refractivity contribution in [3.8, 4) is 0 Å². The van der Waals surface area contributed by atoms with E-state index < -0.39 is 6.04 Å². The number of nitrogens with two attached hydrogens (primary N) is 1. The minimum absolute atomic E-state index is 0.134. The van der Waals surface area contributed by atoms with Crippen molar-refractivity contribution in [3.63, 3.8) is 0 Å². The number of benzene rings is 1. The number of imide groups is 1. The van der Waals surface area contributed by atoms with E-state index in [0.717, 1.165) is 43.7 Å². The molecule has 0 spiro atoms. The average molecular weight is 387 g/mol. The molecule has 4 N–H and O–H groups in total. The van der Waals surface area contributed by atoms with Gasteiger partial charge in [-0.2, -0.15) is 0 Å². The van der Waals surface area contributed by atoms with E-state index in [4.69, 9.17) is 5.73 Å². The molecule has 1 saturated heterocycles. The summed E-state index contributed by atoms with van der Waals surface area (Å²) in [7, 11) is 2.09. The first-order valence-electron chi connectivity index (χ1n) is 9.85. The molecule has 3 amide bonds. The van der Waals surface area contributed by atoms with Gasteiger partial charge in [0.15, 0.2) is 0 Å². The zero-order valence-electron chi connectivity index (χ0n) is 16.4. The molecule has 2 heterocycles. The number of nitrogens with one attached hydrogen (secondary N) is 2. The van der Waals surface area contributed by atoms with Gasteiger partial charge in [0.25, 0.3) is 5.91 Å². The van der Waals surface area contributed by atoms with Gasteiger partial charge in [0, 0.05) is 38.2 Å². The lowest BCUT2D eigenvalue weighted by Gasteiger charge is -2.29. The summed E-state index contributed by atoms with van der Waals surface area (Å²) >= 11 is 0. The van der Waals surface area contributed by atoms with Gasteiger partial charge in [0.05, 0.1) is 0 Å².